The minimum absolute atomic E-state index is 0.0490. The summed E-state index contributed by atoms with van der Waals surface area (Å²) in [4.78, 5) is 38.1. The van der Waals surface area contributed by atoms with Gasteiger partial charge in [-0.15, -0.1) is 11.3 Å². The summed E-state index contributed by atoms with van der Waals surface area (Å²) in [7, 11) is -4.08. The summed E-state index contributed by atoms with van der Waals surface area (Å²) in [5.74, 6) is -2.20. The van der Waals surface area contributed by atoms with Gasteiger partial charge < -0.3 is 14.8 Å². The SMILES string of the molecule is CCOC(=O)c1c(-c2ccccc2)csc1NC(=O)COC(=O)c1ccc(Cl)c(S(=O)(=O)N2CCc3ccccc32)c1. The number of hydrogen-bond acceptors (Lipinski definition) is 8. The monoisotopic (exact) mass is 624 g/mol. The van der Waals surface area contributed by atoms with Crippen molar-refractivity contribution in [3.05, 3.63) is 99.9 Å². The van der Waals surface area contributed by atoms with Gasteiger partial charge in [0.1, 0.15) is 15.5 Å². The minimum atomic E-state index is -4.08. The molecule has 9 nitrogen and oxygen atoms in total. The number of carbonyl (C=O) groups is 3. The summed E-state index contributed by atoms with van der Waals surface area (Å²) < 4.78 is 38.6. The number of nitrogens with one attached hydrogen (secondary N) is 1. The van der Waals surface area contributed by atoms with E-state index in [0.29, 0.717) is 17.7 Å². The van der Waals surface area contributed by atoms with Crippen LogP contribution in [-0.2, 0) is 30.7 Å². The maximum Gasteiger partial charge on any atom is 0.341 e. The van der Waals surface area contributed by atoms with Gasteiger partial charge in [-0.1, -0.05) is 60.1 Å². The number of anilines is 2. The van der Waals surface area contributed by atoms with Crippen LogP contribution in [0.2, 0.25) is 5.02 Å². The van der Waals surface area contributed by atoms with Crippen molar-refractivity contribution < 1.29 is 32.3 Å². The van der Waals surface area contributed by atoms with E-state index >= 15 is 0 Å². The number of fused-ring (bicyclic) bond motifs is 1. The molecule has 0 bridgehead atoms. The van der Waals surface area contributed by atoms with Crippen LogP contribution < -0.4 is 9.62 Å². The van der Waals surface area contributed by atoms with Gasteiger partial charge in [0.05, 0.1) is 22.9 Å². The molecule has 0 unspecified atom stereocenters. The van der Waals surface area contributed by atoms with Crippen molar-refractivity contribution in [1.29, 1.82) is 0 Å². The number of rotatable bonds is 9. The largest absolute Gasteiger partial charge is 0.462 e. The number of carbonyl (C=O) groups excluding carboxylic acids is 3. The Hall–Kier alpha value is -4.19. The van der Waals surface area contributed by atoms with E-state index in [1.54, 1.807) is 24.4 Å². The van der Waals surface area contributed by atoms with Crippen LogP contribution in [0.1, 0.15) is 33.2 Å². The molecule has 1 amide bonds. The van der Waals surface area contributed by atoms with Gasteiger partial charge in [0, 0.05) is 17.5 Å². The van der Waals surface area contributed by atoms with Crippen LogP contribution >= 0.6 is 22.9 Å². The zero-order chi connectivity index (χ0) is 29.9. The number of ether oxygens (including phenoxy) is 2. The van der Waals surface area contributed by atoms with E-state index in [2.05, 4.69) is 5.32 Å². The fourth-order valence-electron chi connectivity index (χ4n) is 4.57. The van der Waals surface area contributed by atoms with Crippen LogP contribution in [0, 0.1) is 0 Å². The van der Waals surface area contributed by atoms with Gasteiger partial charge in [-0.3, -0.25) is 9.10 Å². The number of halogens is 1. The fourth-order valence-corrected chi connectivity index (χ4v) is 7.55. The molecule has 5 rings (SSSR count). The van der Waals surface area contributed by atoms with Gasteiger partial charge in [0.2, 0.25) is 0 Å². The Balaban J connectivity index is 1.30. The molecule has 12 heteroatoms. The number of amides is 1. The summed E-state index contributed by atoms with van der Waals surface area (Å²) in [6.45, 7) is 1.40. The van der Waals surface area contributed by atoms with Crippen molar-refractivity contribution in [3.8, 4) is 11.1 Å². The number of sulfonamides is 1. The number of esters is 2. The highest BCUT2D eigenvalue weighted by Gasteiger charge is 2.33. The second kappa shape index (κ2) is 12.4. The van der Waals surface area contributed by atoms with Gasteiger partial charge in [-0.2, -0.15) is 0 Å². The lowest BCUT2D eigenvalue weighted by molar-refractivity contribution is -0.119. The Bertz CT molecular complexity index is 1770. The van der Waals surface area contributed by atoms with Crippen molar-refractivity contribution in [3.63, 3.8) is 0 Å². The Labute approximate surface area is 251 Å². The number of thiophene rings is 1. The Kier molecular flexibility index (Phi) is 8.62. The van der Waals surface area contributed by atoms with Crippen LogP contribution in [0.15, 0.2) is 83.1 Å². The van der Waals surface area contributed by atoms with E-state index in [4.69, 9.17) is 21.1 Å². The standard InChI is InChI=1S/C30H25ClN2O7S2/c1-2-39-30(36)27-22(19-8-4-3-5-9-19)18-41-28(27)32-26(34)17-40-29(35)21-12-13-23(31)25(16-21)42(37,38)33-15-14-20-10-6-7-11-24(20)33/h3-13,16,18H,2,14-15,17H2,1H3,(H,32,34). The first-order valence-electron chi connectivity index (χ1n) is 12.9. The molecule has 0 aliphatic carbocycles. The maximum absolute atomic E-state index is 13.5. The van der Waals surface area contributed by atoms with Crippen molar-refractivity contribution in [2.24, 2.45) is 0 Å². The van der Waals surface area contributed by atoms with E-state index < -0.39 is 34.5 Å². The predicted molar refractivity (Wildman–Crippen MR) is 161 cm³/mol. The average Bonchev–Trinajstić information content (AvgIpc) is 3.62. The highest BCUT2D eigenvalue weighted by Crippen LogP contribution is 2.37. The number of benzene rings is 3. The van der Waals surface area contributed by atoms with Gasteiger partial charge in [-0.25, -0.2) is 18.0 Å². The van der Waals surface area contributed by atoms with E-state index in [1.165, 1.54) is 16.4 Å². The van der Waals surface area contributed by atoms with E-state index in [1.807, 2.05) is 42.5 Å². The fraction of sp³-hybridized carbons (Fsp3) is 0.167. The van der Waals surface area contributed by atoms with E-state index in [0.717, 1.165) is 28.5 Å². The first-order valence-corrected chi connectivity index (χ1v) is 15.6. The third-order valence-corrected chi connectivity index (χ3v) is 9.71. The Morgan fingerprint density at radius 2 is 1.71 bits per heavy atom. The van der Waals surface area contributed by atoms with Crippen molar-refractivity contribution in [2.45, 2.75) is 18.2 Å². The normalized spacial score (nSPS) is 12.5. The topological polar surface area (TPSA) is 119 Å². The minimum Gasteiger partial charge on any atom is -0.462 e. The molecule has 1 N–H and O–H groups in total. The third-order valence-electron chi connectivity index (χ3n) is 6.52. The van der Waals surface area contributed by atoms with Crippen molar-refractivity contribution in [1.82, 2.24) is 0 Å². The molecule has 2 heterocycles. The lowest BCUT2D eigenvalue weighted by Gasteiger charge is -2.20. The summed E-state index contributed by atoms with van der Waals surface area (Å²) in [5, 5.41) is 4.55. The highest BCUT2D eigenvalue weighted by atomic mass is 35.5. The van der Waals surface area contributed by atoms with E-state index in [9.17, 15) is 22.8 Å². The van der Waals surface area contributed by atoms with E-state index in [-0.39, 0.29) is 39.2 Å². The summed E-state index contributed by atoms with van der Waals surface area (Å²) in [6.07, 6.45) is 0.554. The first-order chi connectivity index (χ1) is 20.2. The molecule has 0 saturated heterocycles. The molecule has 1 aliphatic heterocycles. The first kappa shape index (κ1) is 29.3. The second-order valence-electron chi connectivity index (χ2n) is 9.17. The molecule has 4 aromatic rings. The summed E-state index contributed by atoms with van der Waals surface area (Å²) >= 11 is 7.40. The Morgan fingerprint density at radius 1 is 0.976 bits per heavy atom. The van der Waals surface area contributed by atoms with Gasteiger partial charge in [0.15, 0.2) is 6.61 Å². The molecular formula is C30H25ClN2O7S2. The average molecular weight is 625 g/mol. The molecule has 1 aliphatic rings. The number of hydrogen-bond donors (Lipinski definition) is 1. The molecule has 3 aromatic carbocycles. The quantitative estimate of drug-likeness (QED) is 0.234. The molecule has 0 saturated carbocycles. The summed E-state index contributed by atoms with van der Waals surface area (Å²) in [5.41, 5.74) is 2.93. The van der Waals surface area contributed by atoms with Crippen LogP contribution in [0.4, 0.5) is 10.7 Å². The maximum atomic E-state index is 13.5. The smallest absolute Gasteiger partial charge is 0.341 e. The molecule has 0 fully saturated rings. The molecule has 1 aromatic heterocycles. The highest BCUT2D eigenvalue weighted by molar-refractivity contribution is 7.93. The molecular weight excluding hydrogens is 600 g/mol. The van der Waals surface area contributed by atoms with Crippen LogP contribution in [0.5, 0.6) is 0 Å². The van der Waals surface area contributed by atoms with Gasteiger partial charge in [-0.05, 0) is 48.7 Å². The van der Waals surface area contributed by atoms with Gasteiger partial charge >= 0.3 is 11.9 Å². The second-order valence-corrected chi connectivity index (χ2v) is 12.3. The van der Waals surface area contributed by atoms with Gasteiger partial charge in [0.25, 0.3) is 15.9 Å². The predicted octanol–water partition coefficient (Wildman–Crippen LogP) is 5.79. The molecule has 42 heavy (non-hydrogen) atoms. The third kappa shape index (κ3) is 5.89. The lowest BCUT2D eigenvalue weighted by Crippen LogP contribution is -2.29. The zero-order valence-electron chi connectivity index (χ0n) is 22.3. The van der Waals surface area contributed by atoms with Crippen LogP contribution in [0.25, 0.3) is 11.1 Å². The molecule has 0 spiro atoms. The lowest BCUT2D eigenvalue weighted by atomic mass is 10.0. The number of para-hydroxylation sites is 1. The Morgan fingerprint density at radius 3 is 2.48 bits per heavy atom. The van der Waals surface area contributed by atoms with Crippen LogP contribution in [-0.4, -0.2) is 46.0 Å². The summed E-state index contributed by atoms with van der Waals surface area (Å²) in [6, 6.07) is 20.1. The zero-order valence-corrected chi connectivity index (χ0v) is 24.7. The van der Waals surface area contributed by atoms with Crippen molar-refractivity contribution >= 4 is 61.5 Å². The van der Waals surface area contributed by atoms with Crippen LogP contribution in [0.3, 0.4) is 0 Å². The molecule has 216 valence electrons. The molecule has 0 radical (unpaired) electrons. The van der Waals surface area contributed by atoms with Crippen molar-refractivity contribution in [2.75, 3.05) is 29.4 Å². The molecule has 0 atom stereocenters. The number of nitrogens with zero attached hydrogens (tertiary/aromatic N) is 1.